The highest BCUT2D eigenvalue weighted by atomic mass is 32.1. The minimum Gasteiger partial charge on any atom is -0.347 e. The predicted molar refractivity (Wildman–Crippen MR) is 129 cm³/mol. The van der Waals surface area contributed by atoms with E-state index in [1.165, 1.54) is 43.5 Å². The molecule has 32 heavy (non-hydrogen) atoms. The molecule has 2 saturated heterocycles. The van der Waals surface area contributed by atoms with Crippen LogP contribution < -0.4 is 4.90 Å². The quantitative estimate of drug-likeness (QED) is 0.703. The second-order valence-electron chi connectivity index (χ2n) is 9.73. The summed E-state index contributed by atoms with van der Waals surface area (Å²) in [5.74, 6) is 0.540. The number of carbonyl (C=O) groups excluding carboxylic acids is 1. The Balaban J connectivity index is 1.12. The third-order valence-electron chi connectivity index (χ3n) is 7.70. The maximum Gasteiger partial charge on any atom is 0.225 e. The van der Waals surface area contributed by atoms with Crippen molar-refractivity contribution in [2.75, 3.05) is 44.2 Å². The number of amides is 1. The molecular formula is C24H36N6OS. The van der Waals surface area contributed by atoms with Gasteiger partial charge in [-0.05, 0) is 51.7 Å². The molecule has 0 atom stereocenters. The van der Waals surface area contributed by atoms with E-state index in [-0.39, 0.29) is 5.92 Å². The molecule has 1 aliphatic carbocycles. The van der Waals surface area contributed by atoms with E-state index in [1.54, 1.807) is 11.3 Å². The van der Waals surface area contributed by atoms with Crippen molar-refractivity contribution < 1.29 is 4.79 Å². The first kappa shape index (κ1) is 21.9. The van der Waals surface area contributed by atoms with Crippen molar-refractivity contribution >= 4 is 22.4 Å². The molecule has 1 saturated carbocycles. The predicted octanol–water partition coefficient (Wildman–Crippen LogP) is 3.64. The summed E-state index contributed by atoms with van der Waals surface area (Å²) in [5.41, 5.74) is 2.36. The second-order valence-corrected chi connectivity index (χ2v) is 10.7. The van der Waals surface area contributed by atoms with Crippen molar-refractivity contribution in [2.45, 2.75) is 64.8 Å². The zero-order valence-electron chi connectivity index (χ0n) is 19.5. The Kier molecular flexibility index (Phi) is 6.51. The molecule has 0 unspecified atom stereocenters. The van der Waals surface area contributed by atoms with Gasteiger partial charge in [0, 0.05) is 62.6 Å². The average Bonchev–Trinajstić information content (AvgIpc) is 3.45. The van der Waals surface area contributed by atoms with E-state index < -0.39 is 0 Å². The van der Waals surface area contributed by atoms with E-state index in [0.717, 1.165) is 68.4 Å². The van der Waals surface area contributed by atoms with Gasteiger partial charge in [0.15, 0.2) is 0 Å². The van der Waals surface area contributed by atoms with Crippen molar-refractivity contribution in [3.05, 3.63) is 23.5 Å². The van der Waals surface area contributed by atoms with Crippen LogP contribution in [-0.2, 0) is 4.79 Å². The fourth-order valence-corrected chi connectivity index (χ4v) is 6.74. The zero-order valence-corrected chi connectivity index (χ0v) is 20.3. The molecular weight excluding hydrogens is 420 g/mol. The van der Waals surface area contributed by atoms with Gasteiger partial charge in [-0.15, -0.1) is 10.2 Å². The van der Waals surface area contributed by atoms with Gasteiger partial charge in [0.2, 0.25) is 16.2 Å². The SMILES string of the molecule is Cc1ccc(C)n1-c1nnc(N2CCC(C(=O)N3CCN(C4CCCCC4)CC3)CC2)s1. The summed E-state index contributed by atoms with van der Waals surface area (Å²) in [6.45, 7) is 9.89. The van der Waals surface area contributed by atoms with Crippen LogP contribution in [0.15, 0.2) is 12.1 Å². The van der Waals surface area contributed by atoms with Crippen molar-refractivity contribution in [3.8, 4) is 5.13 Å². The number of hydrogen-bond acceptors (Lipinski definition) is 6. The topological polar surface area (TPSA) is 57.5 Å². The molecule has 5 rings (SSSR count). The van der Waals surface area contributed by atoms with E-state index in [1.807, 2.05) is 0 Å². The molecule has 7 nitrogen and oxygen atoms in total. The van der Waals surface area contributed by atoms with Gasteiger partial charge >= 0.3 is 0 Å². The van der Waals surface area contributed by atoms with Crippen LogP contribution in [-0.4, -0.2) is 75.8 Å². The molecule has 0 N–H and O–H groups in total. The van der Waals surface area contributed by atoms with E-state index in [9.17, 15) is 4.79 Å². The van der Waals surface area contributed by atoms with Crippen LogP contribution in [0.2, 0.25) is 0 Å². The molecule has 4 heterocycles. The molecule has 3 fully saturated rings. The van der Waals surface area contributed by atoms with Crippen molar-refractivity contribution in [2.24, 2.45) is 5.92 Å². The van der Waals surface area contributed by atoms with Gasteiger partial charge in [-0.25, -0.2) is 0 Å². The van der Waals surface area contributed by atoms with Crippen LogP contribution in [0.5, 0.6) is 0 Å². The van der Waals surface area contributed by atoms with E-state index in [0.29, 0.717) is 5.91 Å². The standard InChI is InChI=1S/C24H36N6OS/c1-18-8-9-19(2)30(18)24-26-25-23(32-24)29-12-10-20(11-13-29)22(31)28-16-14-27(15-17-28)21-6-4-3-5-7-21/h8-9,20-21H,3-7,10-17H2,1-2H3. The maximum atomic E-state index is 13.2. The maximum absolute atomic E-state index is 13.2. The lowest BCUT2D eigenvalue weighted by Crippen LogP contribution is -2.54. The summed E-state index contributed by atoms with van der Waals surface area (Å²) < 4.78 is 2.16. The molecule has 2 aromatic rings. The van der Waals surface area contributed by atoms with Crippen LogP contribution in [0.3, 0.4) is 0 Å². The zero-order chi connectivity index (χ0) is 22.1. The van der Waals surface area contributed by atoms with Crippen LogP contribution in [0.1, 0.15) is 56.3 Å². The van der Waals surface area contributed by atoms with E-state index in [4.69, 9.17) is 0 Å². The lowest BCUT2D eigenvalue weighted by atomic mass is 9.93. The average molecular weight is 457 g/mol. The van der Waals surface area contributed by atoms with Crippen LogP contribution in [0.25, 0.3) is 5.13 Å². The first-order valence-corrected chi connectivity index (χ1v) is 13.2. The molecule has 174 valence electrons. The van der Waals surface area contributed by atoms with Gasteiger partial charge in [0.1, 0.15) is 0 Å². The van der Waals surface area contributed by atoms with Gasteiger partial charge in [-0.1, -0.05) is 30.6 Å². The van der Waals surface area contributed by atoms with E-state index in [2.05, 4.69) is 55.4 Å². The Morgan fingerprint density at radius 1 is 0.844 bits per heavy atom. The van der Waals surface area contributed by atoms with Crippen molar-refractivity contribution in [3.63, 3.8) is 0 Å². The third kappa shape index (κ3) is 4.44. The number of rotatable bonds is 4. The van der Waals surface area contributed by atoms with Crippen LogP contribution in [0, 0.1) is 19.8 Å². The van der Waals surface area contributed by atoms with Gasteiger partial charge in [-0.3, -0.25) is 14.3 Å². The monoisotopic (exact) mass is 456 g/mol. The third-order valence-corrected chi connectivity index (χ3v) is 8.67. The Hall–Kier alpha value is -1.93. The lowest BCUT2D eigenvalue weighted by Gasteiger charge is -2.42. The normalized spacial score (nSPS) is 21.9. The first-order valence-electron chi connectivity index (χ1n) is 12.4. The summed E-state index contributed by atoms with van der Waals surface area (Å²) in [6.07, 6.45) is 8.69. The molecule has 1 amide bonds. The number of hydrogen-bond donors (Lipinski definition) is 0. The first-order chi connectivity index (χ1) is 15.6. The number of aryl methyl sites for hydroxylation is 2. The van der Waals surface area contributed by atoms with Crippen LogP contribution in [0.4, 0.5) is 5.13 Å². The summed E-state index contributed by atoms with van der Waals surface area (Å²) in [5, 5.41) is 10.8. The highest BCUT2D eigenvalue weighted by molar-refractivity contribution is 7.17. The molecule has 2 aliphatic heterocycles. The molecule has 0 radical (unpaired) electrons. The van der Waals surface area contributed by atoms with Crippen molar-refractivity contribution in [1.29, 1.82) is 0 Å². The smallest absolute Gasteiger partial charge is 0.225 e. The molecule has 2 aromatic heterocycles. The van der Waals surface area contributed by atoms with Gasteiger partial charge < -0.3 is 9.80 Å². The lowest BCUT2D eigenvalue weighted by molar-refractivity contribution is -0.138. The molecule has 0 aromatic carbocycles. The number of piperidine rings is 1. The summed E-state index contributed by atoms with van der Waals surface area (Å²) in [7, 11) is 0. The van der Waals surface area contributed by atoms with Crippen LogP contribution >= 0.6 is 11.3 Å². The molecule has 0 bridgehead atoms. The highest BCUT2D eigenvalue weighted by Gasteiger charge is 2.33. The minimum absolute atomic E-state index is 0.161. The number of piperazine rings is 1. The Morgan fingerprint density at radius 2 is 1.47 bits per heavy atom. The molecule has 3 aliphatic rings. The molecule has 8 heteroatoms. The van der Waals surface area contributed by atoms with E-state index >= 15 is 0 Å². The minimum atomic E-state index is 0.161. The van der Waals surface area contributed by atoms with Gasteiger partial charge in [0.25, 0.3) is 0 Å². The van der Waals surface area contributed by atoms with Gasteiger partial charge in [0.05, 0.1) is 0 Å². The second kappa shape index (κ2) is 9.51. The fourth-order valence-electron chi connectivity index (χ4n) is 5.73. The number of anilines is 1. The fraction of sp³-hybridized carbons (Fsp3) is 0.708. The Bertz CT molecular complexity index is 897. The van der Waals surface area contributed by atoms with Crippen molar-refractivity contribution in [1.82, 2.24) is 24.6 Å². The molecule has 0 spiro atoms. The highest BCUT2D eigenvalue weighted by Crippen LogP contribution is 2.30. The van der Waals surface area contributed by atoms with Gasteiger partial charge in [-0.2, -0.15) is 0 Å². The Labute approximate surface area is 195 Å². The summed E-state index contributed by atoms with van der Waals surface area (Å²) in [4.78, 5) is 20.3. The number of carbonyl (C=O) groups is 1. The number of nitrogens with zero attached hydrogens (tertiary/aromatic N) is 6. The number of aromatic nitrogens is 3. The summed E-state index contributed by atoms with van der Waals surface area (Å²) in [6, 6.07) is 4.99. The largest absolute Gasteiger partial charge is 0.347 e. The Morgan fingerprint density at radius 3 is 2.12 bits per heavy atom. The summed E-state index contributed by atoms with van der Waals surface area (Å²) >= 11 is 1.64.